The minimum atomic E-state index is -3.88. The molecule has 11 nitrogen and oxygen atoms in total. The Hall–Kier alpha value is -3.25. The Labute approximate surface area is 216 Å². The highest BCUT2D eigenvalue weighted by atomic mass is 32.2. The monoisotopic (exact) mass is 533 g/mol. The third-order valence-corrected chi connectivity index (χ3v) is 7.74. The van der Waals surface area contributed by atoms with E-state index < -0.39 is 16.0 Å². The van der Waals surface area contributed by atoms with E-state index in [1.807, 2.05) is 13.8 Å². The number of H-pyrrole nitrogens is 1. The molecule has 0 aliphatic carbocycles. The molecule has 0 saturated carbocycles. The van der Waals surface area contributed by atoms with Crippen LogP contribution in [0, 0.1) is 0 Å². The first-order chi connectivity index (χ1) is 17.6. The van der Waals surface area contributed by atoms with Crippen LogP contribution in [0.2, 0.25) is 0 Å². The molecule has 12 heteroatoms. The van der Waals surface area contributed by atoms with Crippen molar-refractivity contribution in [3.63, 3.8) is 0 Å². The van der Waals surface area contributed by atoms with Crippen molar-refractivity contribution in [2.24, 2.45) is 7.05 Å². The fourth-order valence-electron chi connectivity index (χ4n) is 4.03. The summed E-state index contributed by atoms with van der Waals surface area (Å²) >= 11 is 0. The molecule has 37 heavy (non-hydrogen) atoms. The van der Waals surface area contributed by atoms with E-state index in [9.17, 15) is 18.0 Å². The number of sulfonamides is 1. The van der Waals surface area contributed by atoms with Crippen molar-refractivity contribution in [2.75, 3.05) is 26.3 Å². The molecule has 2 aromatic heterocycles. The first-order valence-corrected chi connectivity index (χ1v) is 13.9. The molecule has 0 spiro atoms. The summed E-state index contributed by atoms with van der Waals surface area (Å²) in [4.78, 5) is 31.6. The number of esters is 1. The average Bonchev–Trinajstić information content (AvgIpc) is 3.17. The van der Waals surface area contributed by atoms with E-state index in [1.54, 1.807) is 20.0 Å². The second-order valence-corrected chi connectivity index (χ2v) is 10.6. The quantitative estimate of drug-likeness (QED) is 0.262. The Balaban J connectivity index is 2.09. The summed E-state index contributed by atoms with van der Waals surface area (Å²) in [6, 6.07) is 4.56. The van der Waals surface area contributed by atoms with Crippen LogP contribution in [-0.4, -0.2) is 64.7 Å². The molecular weight excluding hydrogens is 498 g/mol. The maximum atomic E-state index is 13.5. The first kappa shape index (κ1) is 28.3. The van der Waals surface area contributed by atoms with Crippen molar-refractivity contribution in [3.8, 4) is 17.1 Å². The van der Waals surface area contributed by atoms with Gasteiger partial charge in [0.25, 0.3) is 5.56 Å². The molecule has 1 N–H and O–H groups in total. The predicted octanol–water partition coefficient (Wildman–Crippen LogP) is 3.03. The van der Waals surface area contributed by atoms with Crippen LogP contribution in [-0.2, 0) is 33.0 Å². The van der Waals surface area contributed by atoms with E-state index in [1.165, 1.54) is 28.0 Å². The minimum Gasteiger partial charge on any atom is -0.493 e. The van der Waals surface area contributed by atoms with Crippen LogP contribution in [0.5, 0.6) is 5.75 Å². The maximum absolute atomic E-state index is 13.5. The number of benzene rings is 1. The SMILES string of the molecule is CCCOc1ccc(S(=O)(=O)N(CC)CCCOC(C)=O)cc1-c1nc2c(CCC)nn(C)c2c(=O)[nH]1. The molecule has 202 valence electrons. The fraction of sp³-hybridized carbons (Fsp3) is 0.520. The standard InChI is InChI=1S/C25H35N5O6S/c1-6-10-20-22-23(29(5)28-20)25(32)27-24(26-22)19-16-18(11-12-21(19)36-14-7-2)37(33,34)30(8-3)13-9-15-35-17(4)31/h11-12,16H,6-10,13-15H2,1-5H3,(H,26,27,32). The highest BCUT2D eigenvalue weighted by Crippen LogP contribution is 2.32. The number of rotatable bonds is 13. The molecular formula is C25H35N5O6S. The lowest BCUT2D eigenvalue weighted by atomic mass is 10.1. The molecule has 3 aromatic rings. The first-order valence-electron chi connectivity index (χ1n) is 12.5. The minimum absolute atomic E-state index is 0.0448. The number of aromatic amines is 1. The van der Waals surface area contributed by atoms with E-state index in [4.69, 9.17) is 14.5 Å². The van der Waals surface area contributed by atoms with Crippen molar-refractivity contribution in [1.82, 2.24) is 24.1 Å². The van der Waals surface area contributed by atoms with Gasteiger partial charge in [-0.2, -0.15) is 9.40 Å². The Bertz CT molecular complexity index is 1410. The number of nitrogens with one attached hydrogen (secondary N) is 1. The van der Waals surface area contributed by atoms with Crippen LogP contribution < -0.4 is 10.3 Å². The van der Waals surface area contributed by atoms with Crippen molar-refractivity contribution in [1.29, 1.82) is 0 Å². The van der Waals surface area contributed by atoms with E-state index in [0.29, 0.717) is 47.5 Å². The van der Waals surface area contributed by atoms with Crippen LogP contribution >= 0.6 is 0 Å². The summed E-state index contributed by atoms with van der Waals surface area (Å²) in [6.07, 6.45) is 2.60. The summed E-state index contributed by atoms with van der Waals surface area (Å²) in [7, 11) is -2.19. The largest absolute Gasteiger partial charge is 0.493 e. The lowest BCUT2D eigenvalue weighted by Crippen LogP contribution is -2.32. The van der Waals surface area contributed by atoms with Gasteiger partial charge in [0.2, 0.25) is 10.0 Å². The normalized spacial score (nSPS) is 11.8. The summed E-state index contributed by atoms with van der Waals surface area (Å²) in [5.41, 5.74) is 1.55. The molecule has 0 saturated heterocycles. The lowest BCUT2D eigenvalue weighted by molar-refractivity contribution is -0.141. The Morgan fingerprint density at radius 3 is 2.57 bits per heavy atom. The van der Waals surface area contributed by atoms with Gasteiger partial charge < -0.3 is 14.5 Å². The van der Waals surface area contributed by atoms with Crippen LogP contribution in [0.1, 0.15) is 52.7 Å². The Morgan fingerprint density at radius 2 is 1.92 bits per heavy atom. The number of ether oxygens (including phenoxy) is 2. The zero-order chi connectivity index (χ0) is 27.2. The summed E-state index contributed by atoms with van der Waals surface area (Å²) in [5, 5.41) is 4.45. The number of aryl methyl sites for hydroxylation is 2. The number of hydrogen-bond donors (Lipinski definition) is 1. The van der Waals surface area contributed by atoms with Crippen molar-refractivity contribution in [3.05, 3.63) is 34.2 Å². The van der Waals surface area contributed by atoms with Gasteiger partial charge in [0.15, 0.2) is 5.52 Å². The predicted molar refractivity (Wildman–Crippen MR) is 140 cm³/mol. The van der Waals surface area contributed by atoms with Crippen LogP contribution in [0.15, 0.2) is 27.9 Å². The van der Waals surface area contributed by atoms with Gasteiger partial charge in [-0.05, 0) is 37.5 Å². The molecule has 0 amide bonds. The zero-order valence-electron chi connectivity index (χ0n) is 22.0. The third-order valence-electron chi connectivity index (χ3n) is 5.76. The smallest absolute Gasteiger partial charge is 0.302 e. The van der Waals surface area contributed by atoms with Crippen molar-refractivity contribution >= 4 is 27.0 Å². The Morgan fingerprint density at radius 1 is 1.16 bits per heavy atom. The van der Waals surface area contributed by atoms with E-state index in [-0.39, 0.29) is 36.0 Å². The summed E-state index contributed by atoms with van der Waals surface area (Å²) in [5.74, 6) is 0.221. The van der Waals surface area contributed by atoms with Gasteiger partial charge in [-0.1, -0.05) is 27.2 Å². The van der Waals surface area contributed by atoms with E-state index >= 15 is 0 Å². The van der Waals surface area contributed by atoms with Gasteiger partial charge in [0.05, 0.1) is 29.4 Å². The number of fused-ring (bicyclic) bond motifs is 1. The second-order valence-electron chi connectivity index (χ2n) is 8.63. The van der Waals surface area contributed by atoms with Gasteiger partial charge in [-0.3, -0.25) is 14.3 Å². The third kappa shape index (κ3) is 6.37. The van der Waals surface area contributed by atoms with Crippen molar-refractivity contribution in [2.45, 2.75) is 58.3 Å². The molecule has 0 radical (unpaired) electrons. The second kappa shape index (κ2) is 12.3. The Kier molecular flexibility index (Phi) is 9.44. The molecule has 0 bridgehead atoms. The summed E-state index contributed by atoms with van der Waals surface area (Å²) in [6.45, 7) is 8.01. The van der Waals surface area contributed by atoms with Gasteiger partial charge in [0, 0.05) is 27.1 Å². The summed E-state index contributed by atoms with van der Waals surface area (Å²) < 4.78 is 40.7. The molecule has 0 fully saturated rings. The molecule has 1 aromatic carbocycles. The van der Waals surface area contributed by atoms with E-state index in [0.717, 1.165) is 12.8 Å². The van der Waals surface area contributed by atoms with Crippen LogP contribution in [0.3, 0.4) is 0 Å². The van der Waals surface area contributed by atoms with Gasteiger partial charge in [-0.15, -0.1) is 0 Å². The van der Waals surface area contributed by atoms with Crippen LogP contribution in [0.4, 0.5) is 0 Å². The maximum Gasteiger partial charge on any atom is 0.302 e. The molecule has 0 aliphatic heterocycles. The van der Waals surface area contributed by atoms with Gasteiger partial charge in [-0.25, -0.2) is 13.4 Å². The highest BCUT2D eigenvalue weighted by molar-refractivity contribution is 7.89. The average molecular weight is 534 g/mol. The fourth-order valence-corrected chi connectivity index (χ4v) is 5.54. The van der Waals surface area contributed by atoms with Crippen LogP contribution in [0.25, 0.3) is 22.4 Å². The number of hydrogen-bond acceptors (Lipinski definition) is 8. The molecule has 0 aliphatic rings. The topological polar surface area (TPSA) is 136 Å². The number of carbonyl (C=O) groups is 1. The number of carbonyl (C=O) groups excluding carboxylic acids is 1. The highest BCUT2D eigenvalue weighted by Gasteiger charge is 2.25. The molecule has 2 heterocycles. The lowest BCUT2D eigenvalue weighted by Gasteiger charge is -2.21. The van der Waals surface area contributed by atoms with Crippen molar-refractivity contribution < 1.29 is 22.7 Å². The number of nitrogens with zero attached hydrogens (tertiary/aromatic N) is 4. The molecule has 3 rings (SSSR count). The van der Waals surface area contributed by atoms with Gasteiger partial charge >= 0.3 is 5.97 Å². The zero-order valence-corrected chi connectivity index (χ0v) is 22.9. The number of aromatic nitrogens is 4. The van der Waals surface area contributed by atoms with Gasteiger partial charge in [0.1, 0.15) is 17.1 Å². The molecule has 0 atom stereocenters. The van der Waals surface area contributed by atoms with E-state index in [2.05, 4.69) is 10.1 Å². The molecule has 0 unspecified atom stereocenters.